The zero-order valence-corrected chi connectivity index (χ0v) is 25.0. The number of carbonyl (C=O) groups excluding carboxylic acids is 2. The Morgan fingerprint density at radius 2 is 1.85 bits per heavy atom. The molecule has 1 amide bonds. The van der Waals surface area contributed by atoms with Crippen LogP contribution in [-0.4, -0.2) is 49.5 Å². The van der Waals surface area contributed by atoms with Crippen LogP contribution >= 0.6 is 12.4 Å². The van der Waals surface area contributed by atoms with E-state index < -0.39 is 34.6 Å². The predicted octanol–water partition coefficient (Wildman–Crippen LogP) is 1.83. The van der Waals surface area contributed by atoms with Gasteiger partial charge in [-0.25, -0.2) is 14.6 Å². The number of hydrogen-bond donors (Lipinski definition) is 6. The number of nitrogens with two attached hydrogens (primary N) is 2. The molecule has 46 heavy (non-hydrogen) atoms. The maximum atomic E-state index is 12.7. The summed E-state index contributed by atoms with van der Waals surface area (Å²) in [4.78, 5) is 65.7. The number of nitrogens with one attached hydrogen (secondary N) is 2. The lowest BCUT2D eigenvalue weighted by atomic mass is 10.0. The number of nitrogen functional groups attached to an aromatic ring is 1. The van der Waals surface area contributed by atoms with Crippen molar-refractivity contribution in [3.63, 3.8) is 0 Å². The molecule has 0 unspecified atom stereocenters. The molecule has 6 rings (SSSR count). The van der Waals surface area contributed by atoms with Crippen LogP contribution in [0.25, 0.3) is 5.78 Å². The third-order valence-corrected chi connectivity index (χ3v) is 7.21. The second-order valence-electron chi connectivity index (χ2n) is 10.0. The van der Waals surface area contributed by atoms with E-state index in [1.807, 2.05) is 12.1 Å². The second-order valence-corrected chi connectivity index (χ2v) is 10.0. The highest BCUT2D eigenvalue weighted by molar-refractivity contribution is 5.96. The number of ether oxygens (including phenoxy) is 1. The smallest absolute Gasteiger partial charge is 0.353 e. The van der Waals surface area contributed by atoms with Gasteiger partial charge in [0.2, 0.25) is 11.7 Å². The van der Waals surface area contributed by atoms with E-state index in [4.69, 9.17) is 16.2 Å². The molecule has 0 fully saturated rings. The minimum Gasteiger partial charge on any atom is -0.492 e. The van der Waals surface area contributed by atoms with Gasteiger partial charge in [-0.1, -0.05) is 18.2 Å². The molecule has 2 aromatic heterocycles. The summed E-state index contributed by atoms with van der Waals surface area (Å²) in [5.41, 5.74) is 13.3. The van der Waals surface area contributed by atoms with Crippen molar-refractivity contribution in [2.24, 2.45) is 5.73 Å². The first-order valence-electron chi connectivity index (χ1n) is 13.5. The van der Waals surface area contributed by atoms with Gasteiger partial charge in [0.05, 0.1) is 24.9 Å². The summed E-state index contributed by atoms with van der Waals surface area (Å²) in [6.45, 7) is 0.414. The molecule has 8 N–H and O–H groups in total. The quantitative estimate of drug-likeness (QED) is 0.109. The molecule has 0 saturated heterocycles. The van der Waals surface area contributed by atoms with Crippen LogP contribution in [0.5, 0.6) is 5.88 Å². The highest BCUT2D eigenvalue weighted by Gasteiger charge is 2.27. The minimum absolute atomic E-state index is 0. The van der Waals surface area contributed by atoms with Gasteiger partial charge in [-0.05, 0) is 53.8 Å². The van der Waals surface area contributed by atoms with Gasteiger partial charge in [-0.3, -0.25) is 18.8 Å². The van der Waals surface area contributed by atoms with Gasteiger partial charge in [0.25, 0.3) is 16.8 Å². The first kappa shape index (κ1) is 33.1. The number of esters is 1. The number of aromatic nitrogens is 3. The average molecular weight is 650 g/mol. The molecule has 1 aliphatic carbocycles. The lowest BCUT2D eigenvalue weighted by Gasteiger charge is -2.14. The highest BCUT2D eigenvalue weighted by Crippen LogP contribution is 2.32. The molecule has 0 radical (unpaired) electrons. The van der Waals surface area contributed by atoms with Crippen LogP contribution in [0.1, 0.15) is 60.5 Å². The predicted molar refractivity (Wildman–Crippen MR) is 169 cm³/mol. The molecule has 0 aliphatic heterocycles. The third kappa shape index (κ3) is 6.50. The summed E-state index contributed by atoms with van der Waals surface area (Å²) < 4.78 is 5.81. The van der Waals surface area contributed by atoms with E-state index in [-0.39, 0.29) is 47.0 Å². The number of imidazole rings is 1. The molecule has 238 valence electrons. The number of methoxy groups -OCH3 is 1. The number of hydrogen-bond acceptors (Lipinski definition) is 12. The first-order valence-corrected chi connectivity index (χ1v) is 13.5. The van der Waals surface area contributed by atoms with E-state index >= 15 is 0 Å². The number of amides is 1. The molecule has 1 atom stereocenters. The van der Waals surface area contributed by atoms with Gasteiger partial charge in [0.1, 0.15) is 22.8 Å². The fraction of sp³-hybridized carbons (Fsp3) is 0.167. The van der Waals surface area contributed by atoms with Crippen molar-refractivity contribution in [3.8, 4) is 5.88 Å². The fourth-order valence-electron chi connectivity index (χ4n) is 4.93. The summed E-state index contributed by atoms with van der Waals surface area (Å²) >= 11 is 0. The van der Waals surface area contributed by atoms with Gasteiger partial charge in [-0.15, -0.1) is 12.4 Å². The number of rotatable bonds is 7. The fourth-order valence-corrected chi connectivity index (χ4v) is 4.93. The van der Waals surface area contributed by atoms with Crippen LogP contribution in [0.3, 0.4) is 0 Å². The van der Waals surface area contributed by atoms with Crippen molar-refractivity contribution in [2.75, 3.05) is 18.2 Å². The van der Waals surface area contributed by atoms with E-state index in [0.29, 0.717) is 30.6 Å². The largest absolute Gasteiger partial charge is 0.492 e. The number of halogens is 1. The summed E-state index contributed by atoms with van der Waals surface area (Å²) in [6.07, 6.45) is 2.41. The second kappa shape index (κ2) is 13.5. The van der Waals surface area contributed by atoms with E-state index in [0.717, 1.165) is 33.4 Å². The van der Waals surface area contributed by atoms with E-state index in [1.165, 1.54) is 7.11 Å². The van der Waals surface area contributed by atoms with E-state index in [9.17, 15) is 34.2 Å². The maximum absolute atomic E-state index is 12.7. The van der Waals surface area contributed by atoms with Crippen molar-refractivity contribution >= 4 is 53.1 Å². The van der Waals surface area contributed by atoms with Crippen molar-refractivity contribution in [1.82, 2.24) is 19.7 Å². The summed E-state index contributed by atoms with van der Waals surface area (Å²) in [5.74, 6) is -2.77. The normalized spacial score (nSPS) is 13.2. The minimum atomic E-state index is -1.29. The Kier molecular flexibility index (Phi) is 9.68. The lowest BCUT2D eigenvalue weighted by molar-refractivity contribution is 0.0599. The SMILES string of the molecule is COC(=O)c1ccc2c(c1)CC[C@@H]2NC(=O)c1cc(C(=O)O)n2cc(O)nc2n1.Cl.NCc1cccc(Nc2c(N)c(=O)c2=O)c1. The molecule has 0 saturated carbocycles. The Morgan fingerprint density at radius 1 is 1.09 bits per heavy atom. The van der Waals surface area contributed by atoms with Crippen molar-refractivity contribution in [3.05, 3.63) is 109 Å². The van der Waals surface area contributed by atoms with Crippen LogP contribution in [-0.2, 0) is 17.7 Å². The number of anilines is 3. The number of carbonyl (C=O) groups is 3. The van der Waals surface area contributed by atoms with Crippen LogP contribution in [0.15, 0.2) is 64.3 Å². The number of nitrogens with zero attached hydrogens (tertiary/aromatic N) is 3. The molecule has 2 heterocycles. The van der Waals surface area contributed by atoms with Crippen molar-refractivity contribution in [2.45, 2.75) is 25.4 Å². The van der Waals surface area contributed by atoms with Crippen LogP contribution in [0, 0.1) is 0 Å². The van der Waals surface area contributed by atoms with Crippen molar-refractivity contribution in [1.29, 1.82) is 0 Å². The standard InChI is InChI=1S/C19H16N4O6.C11H11N3O2.ClH/c1-29-18(28)10-2-4-11-9(6-10)3-5-12(11)20-16(25)13-7-14(17(26)27)23-8-15(24)22-19(23)21-13;12-5-6-2-1-3-7(4-6)14-9-8(13)10(15)11(9)16;/h2,4,6-8,12,24H,3,5H2,1H3,(H,20,25)(H,26,27);1-4,14H,5,12-13H2;1H/t12-;;/m0../s1. The van der Waals surface area contributed by atoms with Crippen LogP contribution < -0.4 is 33.0 Å². The molecule has 0 spiro atoms. The zero-order valence-electron chi connectivity index (χ0n) is 24.1. The first-order chi connectivity index (χ1) is 21.5. The van der Waals surface area contributed by atoms with Crippen LogP contribution in [0.4, 0.5) is 17.1 Å². The summed E-state index contributed by atoms with van der Waals surface area (Å²) in [7, 11) is 1.31. The Labute approximate surface area is 266 Å². The van der Waals surface area contributed by atoms with Gasteiger partial charge in [0, 0.05) is 18.3 Å². The van der Waals surface area contributed by atoms with E-state index in [1.54, 1.807) is 30.3 Å². The lowest BCUT2D eigenvalue weighted by Crippen LogP contribution is -2.36. The maximum Gasteiger partial charge on any atom is 0.353 e. The summed E-state index contributed by atoms with van der Waals surface area (Å²) in [6, 6.07) is 13.2. The van der Waals surface area contributed by atoms with Gasteiger partial charge in [0.15, 0.2) is 0 Å². The molecular formula is C30H28ClN7O8. The number of aryl methyl sites for hydroxylation is 1. The number of carboxylic acids is 1. The van der Waals surface area contributed by atoms with Crippen molar-refractivity contribution < 1.29 is 29.3 Å². The van der Waals surface area contributed by atoms with E-state index in [2.05, 4.69) is 20.6 Å². The molecule has 3 aromatic carbocycles. The Bertz CT molecular complexity index is 2050. The number of aromatic hydroxyl groups is 1. The van der Waals surface area contributed by atoms with Gasteiger partial charge >= 0.3 is 11.9 Å². The molecule has 15 nitrogen and oxygen atoms in total. The average Bonchev–Trinajstić information content (AvgIpc) is 3.63. The molecule has 0 bridgehead atoms. The number of carboxylic acid groups (broad SMARTS) is 1. The zero-order chi connectivity index (χ0) is 32.4. The Hall–Kier alpha value is -5.80. The number of aromatic carboxylic acids is 1. The number of fused-ring (bicyclic) bond motifs is 2. The highest BCUT2D eigenvalue weighted by atomic mass is 35.5. The molecular weight excluding hydrogens is 622 g/mol. The Morgan fingerprint density at radius 3 is 2.52 bits per heavy atom. The topological polar surface area (TPSA) is 241 Å². The molecule has 5 aromatic rings. The molecule has 1 aliphatic rings. The monoisotopic (exact) mass is 649 g/mol. The number of benzene rings is 2. The van der Waals surface area contributed by atoms with Crippen LogP contribution in [0.2, 0.25) is 0 Å². The third-order valence-electron chi connectivity index (χ3n) is 7.21. The Balaban J connectivity index is 0.000000240. The molecule has 16 heteroatoms. The van der Waals surface area contributed by atoms with Gasteiger partial charge < -0.3 is 37.1 Å². The summed E-state index contributed by atoms with van der Waals surface area (Å²) in [5, 5.41) is 24.5. The van der Waals surface area contributed by atoms with Gasteiger partial charge in [-0.2, -0.15) is 4.98 Å².